The average molecular weight is 467 g/mol. The van der Waals surface area contributed by atoms with E-state index in [-0.39, 0.29) is 11.8 Å². The summed E-state index contributed by atoms with van der Waals surface area (Å²) in [4.78, 5) is 22.6. The smallest absolute Gasteiger partial charge is 0.227 e. The van der Waals surface area contributed by atoms with Crippen molar-refractivity contribution in [2.45, 2.75) is 52.6 Å². The van der Waals surface area contributed by atoms with E-state index in [0.717, 1.165) is 35.6 Å². The van der Waals surface area contributed by atoms with Crippen LogP contribution in [0.1, 0.15) is 43.1 Å². The van der Waals surface area contributed by atoms with Crippen LogP contribution in [-0.2, 0) is 11.3 Å². The van der Waals surface area contributed by atoms with Crippen LogP contribution in [0, 0.1) is 13.8 Å². The molecule has 1 unspecified atom stereocenters. The highest BCUT2D eigenvalue weighted by Gasteiger charge is 2.35. The normalized spacial score (nSPS) is 16.0. The van der Waals surface area contributed by atoms with Crippen molar-refractivity contribution in [2.24, 2.45) is 0 Å². The Labute approximate surface area is 208 Å². The van der Waals surface area contributed by atoms with Crippen LogP contribution in [-0.4, -0.2) is 34.6 Å². The zero-order chi connectivity index (χ0) is 24.5. The predicted molar refractivity (Wildman–Crippen MR) is 144 cm³/mol. The Morgan fingerprint density at radius 1 is 0.971 bits per heavy atom. The molecule has 1 atom stereocenters. The van der Waals surface area contributed by atoms with E-state index in [9.17, 15) is 4.79 Å². The summed E-state index contributed by atoms with van der Waals surface area (Å²) in [5, 5.41) is 0. The summed E-state index contributed by atoms with van der Waals surface area (Å²) in [6, 6.07) is 25.5. The molecule has 1 saturated heterocycles. The molecule has 35 heavy (non-hydrogen) atoms. The van der Waals surface area contributed by atoms with Gasteiger partial charge >= 0.3 is 0 Å². The lowest BCUT2D eigenvalue weighted by Crippen LogP contribution is -2.34. The maximum absolute atomic E-state index is 13.2. The van der Waals surface area contributed by atoms with Gasteiger partial charge in [0.1, 0.15) is 5.82 Å². The number of benzene rings is 3. The van der Waals surface area contributed by atoms with Gasteiger partial charge in [0.25, 0.3) is 0 Å². The maximum atomic E-state index is 13.2. The van der Waals surface area contributed by atoms with Crippen molar-refractivity contribution < 1.29 is 4.79 Å². The Morgan fingerprint density at radius 3 is 2.49 bits per heavy atom. The summed E-state index contributed by atoms with van der Waals surface area (Å²) in [6.07, 6.45) is 0.489. The summed E-state index contributed by atoms with van der Waals surface area (Å²) in [7, 11) is 0. The fourth-order valence-corrected chi connectivity index (χ4v) is 5.29. The van der Waals surface area contributed by atoms with Crippen molar-refractivity contribution >= 4 is 28.3 Å². The molecule has 0 bridgehead atoms. The van der Waals surface area contributed by atoms with Crippen molar-refractivity contribution in [3.8, 4) is 0 Å². The van der Waals surface area contributed by atoms with E-state index >= 15 is 0 Å². The van der Waals surface area contributed by atoms with E-state index in [2.05, 4.69) is 97.8 Å². The van der Waals surface area contributed by atoms with Crippen LogP contribution in [0.25, 0.3) is 11.0 Å². The maximum Gasteiger partial charge on any atom is 0.227 e. The average Bonchev–Trinajstić information content (AvgIpc) is 3.42. The van der Waals surface area contributed by atoms with Crippen LogP contribution in [0.4, 0.5) is 11.4 Å². The summed E-state index contributed by atoms with van der Waals surface area (Å²) < 4.78 is 2.35. The number of carbonyl (C=O) groups excluding carboxylic acids is 1. The van der Waals surface area contributed by atoms with Gasteiger partial charge in [0.2, 0.25) is 5.91 Å². The fraction of sp³-hybridized carbons (Fsp3) is 0.333. The SMILES string of the molecule is Cc1cccc(N2CC(c3nc4ccccc4n3CCN(c3ccccc3)C(C)C)CC2=O)c1C. The number of anilines is 2. The summed E-state index contributed by atoms with van der Waals surface area (Å²) in [5.74, 6) is 1.26. The lowest BCUT2D eigenvalue weighted by Gasteiger charge is -2.30. The zero-order valence-corrected chi connectivity index (χ0v) is 21.1. The number of fused-ring (bicyclic) bond motifs is 1. The minimum Gasteiger partial charge on any atom is -0.367 e. The molecule has 180 valence electrons. The number of nitrogens with zero attached hydrogens (tertiary/aromatic N) is 4. The highest BCUT2D eigenvalue weighted by atomic mass is 16.2. The number of aryl methyl sites for hydroxylation is 1. The Morgan fingerprint density at radius 2 is 1.71 bits per heavy atom. The molecule has 1 fully saturated rings. The molecule has 1 aromatic heterocycles. The fourth-order valence-electron chi connectivity index (χ4n) is 5.29. The molecule has 5 nitrogen and oxygen atoms in total. The van der Waals surface area contributed by atoms with Gasteiger partial charge < -0.3 is 14.4 Å². The van der Waals surface area contributed by atoms with Crippen LogP contribution in [0.2, 0.25) is 0 Å². The van der Waals surface area contributed by atoms with Gasteiger partial charge in [-0.1, -0.05) is 42.5 Å². The minimum absolute atomic E-state index is 0.0686. The van der Waals surface area contributed by atoms with Crippen molar-refractivity contribution in [1.29, 1.82) is 0 Å². The van der Waals surface area contributed by atoms with E-state index in [4.69, 9.17) is 4.98 Å². The van der Waals surface area contributed by atoms with Gasteiger partial charge in [-0.15, -0.1) is 0 Å². The molecular weight excluding hydrogens is 432 g/mol. The number of carbonyl (C=O) groups is 1. The molecule has 0 N–H and O–H groups in total. The summed E-state index contributed by atoms with van der Waals surface area (Å²) >= 11 is 0. The van der Waals surface area contributed by atoms with E-state index < -0.39 is 0 Å². The van der Waals surface area contributed by atoms with Gasteiger partial charge in [0.15, 0.2) is 0 Å². The van der Waals surface area contributed by atoms with Crippen LogP contribution >= 0.6 is 0 Å². The first kappa shape index (κ1) is 23.2. The zero-order valence-electron chi connectivity index (χ0n) is 21.1. The number of amides is 1. The topological polar surface area (TPSA) is 41.4 Å². The van der Waals surface area contributed by atoms with Crippen molar-refractivity contribution in [1.82, 2.24) is 9.55 Å². The summed E-state index contributed by atoms with van der Waals surface area (Å²) in [5.41, 5.74) is 6.76. The highest BCUT2D eigenvalue weighted by molar-refractivity contribution is 5.97. The first-order chi connectivity index (χ1) is 16.9. The number of hydrogen-bond acceptors (Lipinski definition) is 3. The molecule has 0 saturated carbocycles. The molecule has 4 aromatic rings. The predicted octanol–water partition coefficient (Wildman–Crippen LogP) is 6.09. The molecule has 0 spiro atoms. The van der Waals surface area contributed by atoms with Crippen molar-refractivity contribution in [3.63, 3.8) is 0 Å². The molecule has 1 amide bonds. The third kappa shape index (κ3) is 4.43. The van der Waals surface area contributed by atoms with E-state index in [0.29, 0.717) is 19.0 Å². The van der Waals surface area contributed by atoms with Crippen LogP contribution in [0.3, 0.4) is 0 Å². The van der Waals surface area contributed by atoms with Gasteiger partial charge in [-0.25, -0.2) is 4.98 Å². The van der Waals surface area contributed by atoms with E-state index in [1.165, 1.54) is 16.8 Å². The standard InChI is InChI=1S/C30H34N4O/c1-21(2)32(25-12-6-5-7-13-25)17-18-33-28-15-9-8-14-26(28)31-30(33)24-19-29(35)34(20-24)27-16-10-11-22(3)23(27)4/h5-16,21,24H,17-20H2,1-4H3. The Balaban J connectivity index is 1.46. The second-order valence-electron chi connectivity index (χ2n) is 9.86. The molecular formula is C30H34N4O. The Kier molecular flexibility index (Phi) is 6.33. The molecule has 3 aromatic carbocycles. The molecule has 1 aliphatic heterocycles. The van der Waals surface area contributed by atoms with Crippen LogP contribution < -0.4 is 9.80 Å². The lowest BCUT2D eigenvalue weighted by atomic mass is 10.1. The lowest BCUT2D eigenvalue weighted by molar-refractivity contribution is -0.117. The van der Waals surface area contributed by atoms with Gasteiger partial charge in [-0.3, -0.25) is 4.79 Å². The second kappa shape index (κ2) is 9.57. The van der Waals surface area contributed by atoms with Crippen LogP contribution in [0.5, 0.6) is 0 Å². The number of hydrogen-bond donors (Lipinski definition) is 0. The first-order valence-electron chi connectivity index (χ1n) is 12.6. The molecule has 2 heterocycles. The third-order valence-electron chi connectivity index (χ3n) is 7.32. The monoisotopic (exact) mass is 466 g/mol. The number of rotatable bonds is 7. The van der Waals surface area contributed by atoms with Gasteiger partial charge in [0.05, 0.1) is 11.0 Å². The molecule has 5 rings (SSSR count). The quantitative estimate of drug-likeness (QED) is 0.331. The highest BCUT2D eigenvalue weighted by Crippen LogP contribution is 2.35. The molecule has 0 aliphatic carbocycles. The Hall–Kier alpha value is -3.60. The summed E-state index contributed by atoms with van der Waals surface area (Å²) in [6.45, 7) is 11.0. The third-order valence-corrected chi connectivity index (χ3v) is 7.32. The van der Waals surface area contributed by atoms with Crippen molar-refractivity contribution in [3.05, 3.63) is 89.7 Å². The largest absolute Gasteiger partial charge is 0.367 e. The van der Waals surface area contributed by atoms with Crippen LogP contribution in [0.15, 0.2) is 72.8 Å². The first-order valence-corrected chi connectivity index (χ1v) is 12.6. The second-order valence-corrected chi connectivity index (χ2v) is 9.86. The van der Waals surface area contributed by atoms with Gasteiger partial charge in [0, 0.05) is 49.4 Å². The van der Waals surface area contributed by atoms with Crippen molar-refractivity contribution in [2.75, 3.05) is 22.9 Å². The number of para-hydroxylation sites is 3. The number of imidazole rings is 1. The molecule has 1 aliphatic rings. The van der Waals surface area contributed by atoms with Gasteiger partial charge in [-0.05, 0) is 69.2 Å². The number of aromatic nitrogens is 2. The molecule has 0 radical (unpaired) electrons. The van der Waals surface area contributed by atoms with E-state index in [1.54, 1.807) is 0 Å². The van der Waals surface area contributed by atoms with Gasteiger partial charge in [-0.2, -0.15) is 0 Å². The Bertz CT molecular complexity index is 1340. The molecule has 5 heteroatoms. The minimum atomic E-state index is 0.0686. The van der Waals surface area contributed by atoms with E-state index in [1.807, 2.05) is 17.0 Å².